The first-order valence-electron chi connectivity index (χ1n) is 3.44. The Bertz CT molecular complexity index is 301. The molecule has 0 fully saturated rings. The van der Waals surface area contributed by atoms with Gasteiger partial charge in [0.05, 0.1) is 18.6 Å². The number of azide groups is 1. The minimum absolute atomic E-state index is 0.226. The van der Waals surface area contributed by atoms with Crippen LogP contribution in [0.2, 0.25) is 0 Å². The lowest BCUT2D eigenvalue weighted by Crippen LogP contribution is -2.02. The molecule has 0 radical (unpaired) electrons. The maximum Gasteiger partial charge on any atom is 0.105 e. The summed E-state index contributed by atoms with van der Waals surface area (Å²) in [5, 5.41) is 12.2. The molecule has 1 heterocycles. The number of aliphatic hydroxyl groups is 1. The van der Waals surface area contributed by atoms with Gasteiger partial charge in [0.1, 0.15) is 6.04 Å². The number of hydrogen-bond donors (Lipinski definition) is 2. The van der Waals surface area contributed by atoms with Crippen LogP contribution in [0.1, 0.15) is 17.4 Å². The lowest BCUT2D eigenvalue weighted by molar-refractivity contribution is 0.265. The van der Waals surface area contributed by atoms with Crippen LogP contribution in [0.5, 0.6) is 0 Å². The summed E-state index contributed by atoms with van der Waals surface area (Å²) in [5.41, 5.74) is 9.57. The molecule has 6 nitrogen and oxygen atoms in total. The van der Waals surface area contributed by atoms with Crippen molar-refractivity contribution in [2.75, 3.05) is 6.61 Å². The van der Waals surface area contributed by atoms with Crippen molar-refractivity contribution in [2.24, 2.45) is 5.11 Å². The molecule has 64 valence electrons. The lowest BCUT2D eigenvalue weighted by Gasteiger charge is -2.03. The van der Waals surface area contributed by atoms with Crippen molar-refractivity contribution < 1.29 is 5.11 Å². The molecular weight excluding hydrogens is 158 g/mol. The van der Waals surface area contributed by atoms with Gasteiger partial charge < -0.3 is 10.1 Å². The summed E-state index contributed by atoms with van der Waals surface area (Å²) in [5.74, 6) is 0. The zero-order valence-electron chi connectivity index (χ0n) is 6.60. The van der Waals surface area contributed by atoms with Crippen molar-refractivity contribution in [3.8, 4) is 0 Å². The molecule has 12 heavy (non-hydrogen) atoms. The minimum atomic E-state index is -0.582. The summed E-state index contributed by atoms with van der Waals surface area (Å²) in [7, 11) is 0. The molecule has 0 aliphatic heterocycles. The number of hydrogen-bond acceptors (Lipinski definition) is 3. The van der Waals surface area contributed by atoms with Gasteiger partial charge in [-0.25, -0.2) is 4.98 Å². The van der Waals surface area contributed by atoms with E-state index >= 15 is 0 Å². The van der Waals surface area contributed by atoms with E-state index in [0.29, 0.717) is 5.69 Å². The van der Waals surface area contributed by atoms with Gasteiger partial charge in [-0.05, 0) is 12.5 Å². The summed E-state index contributed by atoms with van der Waals surface area (Å²) in [6.07, 6.45) is 1.50. The Kier molecular flexibility index (Phi) is 2.68. The van der Waals surface area contributed by atoms with Gasteiger partial charge in [-0.2, -0.15) is 0 Å². The van der Waals surface area contributed by atoms with Crippen LogP contribution in [0.25, 0.3) is 10.4 Å². The first-order chi connectivity index (χ1) is 5.79. The normalized spacial score (nSPS) is 12.2. The number of aromatic amines is 1. The van der Waals surface area contributed by atoms with Gasteiger partial charge in [0.2, 0.25) is 0 Å². The number of aryl methyl sites for hydroxylation is 1. The molecule has 0 aliphatic rings. The van der Waals surface area contributed by atoms with Crippen LogP contribution < -0.4 is 0 Å². The molecule has 0 aliphatic carbocycles. The van der Waals surface area contributed by atoms with Crippen molar-refractivity contribution in [2.45, 2.75) is 13.0 Å². The molecule has 6 heteroatoms. The SMILES string of the molecule is Cc1[nH]cnc1C(CO)N=[N+]=[N-]. The van der Waals surface area contributed by atoms with Crippen LogP contribution in [-0.4, -0.2) is 21.7 Å². The van der Waals surface area contributed by atoms with Crippen molar-refractivity contribution in [1.29, 1.82) is 0 Å². The van der Waals surface area contributed by atoms with Crippen LogP contribution >= 0.6 is 0 Å². The zero-order valence-corrected chi connectivity index (χ0v) is 6.60. The van der Waals surface area contributed by atoms with E-state index < -0.39 is 6.04 Å². The van der Waals surface area contributed by atoms with Gasteiger partial charge in [-0.15, -0.1) is 0 Å². The maximum absolute atomic E-state index is 8.83. The molecule has 0 spiro atoms. The van der Waals surface area contributed by atoms with Crippen molar-refractivity contribution >= 4 is 0 Å². The fourth-order valence-corrected chi connectivity index (χ4v) is 0.945. The van der Waals surface area contributed by atoms with Crippen molar-refractivity contribution in [3.05, 3.63) is 28.2 Å². The van der Waals surface area contributed by atoms with Gasteiger partial charge in [-0.1, -0.05) is 5.11 Å². The largest absolute Gasteiger partial charge is 0.396 e. The summed E-state index contributed by atoms with van der Waals surface area (Å²) in [4.78, 5) is 9.38. The molecule has 1 rings (SSSR count). The van der Waals surface area contributed by atoms with Gasteiger partial charge >= 0.3 is 0 Å². The van der Waals surface area contributed by atoms with E-state index in [1.165, 1.54) is 6.33 Å². The number of nitrogens with zero attached hydrogens (tertiary/aromatic N) is 4. The first kappa shape index (κ1) is 8.58. The van der Waals surface area contributed by atoms with E-state index in [2.05, 4.69) is 20.0 Å². The van der Waals surface area contributed by atoms with Gasteiger partial charge in [0, 0.05) is 10.6 Å². The number of imidazole rings is 1. The molecule has 1 aromatic rings. The predicted octanol–water partition coefficient (Wildman–Crippen LogP) is 1.06. The quantitative estimate of drug-likeness (QED) is 0.399. The minimum Gasteiger partial charge on any atom is -0.396 e. The number of rotatable bonds is 3. The highest BCUT2D eigenvalue weighted by atomic mass is 16.3. The van der Waals surface area contributed by atoms with Crippen LogP contribution in [0.4, 0.5) is 0 Å². The van der Waals surface area contributed by atoms with Crippen molar-refractivity contribution in [1.82, 2.24) is 9.97 Å². The molecule has 0 saturated heterocycles. The fourth-order valence-electron chi connectivity index (χ4n) is 0.945. The van der Waals surface area contributed by atoms with E-state index in [4.69, 9.17) is 10.6 Å². The van der Waals surface area contributed by atoms with E-state index in [0.717, 1.165) is 5.69 Å². The number of aromatic nitrogens is 2. The monoisotopic (exact) mass is 167 g/mol. The van der Waals surface area contributed by atoms with Gasteiger partial charge in [-0.3, -0.25) is 0 Å². The standard InChI is InChI=1S/C6H9N5O/c1-4-6(9-3-8-4)5(2-12)10-11-7/h3,5,12H,2H2,1H3,(H,8,9). The third-order valence-electron chi connectivity index (χ3n) is 1.55. The summed E-state index contributed by atoms with van der Waals surface area (Å²) in [6, 6.07) is -0.582. The third kappa shape index (κ3) is 1.55. The molecular formula is C6H9N5O. The second kappa shape index (κ2) is 3.75. The second-order valence-electron chi connectivity index (χ2n) is 2.32. The summed E-state index contributed by atoms with van der Waals surface area (Å²) in [6.45, 7) is 1.58. The Morgan fingerprint density at radius 1 is 1.92 bits per heavy atom. The Morgan fingerprint density at radius 3 is 3.08 bits per heavy atom. The first-order valence-corrected chi connectivity index (χ1v) is 3.44. The lowest BCUT2D eigenvalue weighted by atomic mass is 10.2. The smallest absolute Gasteiger partial charge is 0.105 e. The molecule has 0 amide bonds. The number of H-pyrrole nitrogens is 1. The Balaban J connectivity index is 2.93. The van der Waals surface area contributed by atoms with Crippen molar-refractivity contribution in [3.63, 3.8) is 0 Å². The van der Waals surface area contributed by atoms with Crippen LogP contribution in [0, 0.1) is 6.92 Å². The highest BCUT2D eigenvalue weighted by Crippen LogP contribution is 2.16. The Morgan fingerprint density at radius 2 is 2.67 bits per heavy atom. The summed E-state index contributed by atoms with van der Waals surface area (Å²) >= 11 is 0. The maximum atomic E-state index is 8.83. The fraction of sp³-hybridized carbons (Fsp3) is 0.500. The number of aliphatic hydroxyl groups excluding tert-OH is 1. The van der Waals surface area contributed by atoms with Crippen LogP contribution in [-0.2, 0) is 0 Å². The Labute approximate surface area is 68.9 Å². The van der Waals surface area contributed by atoms with E-state index in [9.17, 15) is 0 Å². The number of nitrogens with one attached hydrogen (secondary N) is 1. The predicted molar refractivity (Wildman–Crippen MR) is 42.3 cm³/mol. The van der Waals surface area contributed by atoms with E-state index in [1.54, 1.807) is 6.92 Å². The molecule has 1 unspecified atom stereocenters. The summed E-state index contributed by atoms with van der Waals surface area (Å²) < 4.78 is 0. The van der Waals surface area contributed by atoms with E-state index in [1.807, 2.05) is 0 Å². The molecule has 0 bridgehead atoms. The molecule has 2 N–H and O–H groups in total. The average Bonchev–Trinajstić information content (AvgIpc) is 2.47. The molecule has 0 aromatic carbocycles. The topological polar surface area (TPSA) is 97.7 Å². The highest BCUT2D eigenvalue weighted by molar-refractivity contribution is 5.13. The van der Waals surface area contributed by atoms with Gasteiger partial charge in [0.25, 0.3) is 0 Å². The highest BCUT2D eigenvalue weighted by Gasteiger charge is 2.12. The third-order valence-corrected chi connectivity index (χ3v) is 1.55. The molecule has 1 atom stereocenters. The van der Waals surface area contributed by atoms with Gasteiger partial charge in [0.15, 0.2) is 0 Å². The average molecular weight is 167 g/mol. The molecule has 1 aromatic heterocycles. The van der Waals surface area contributed by atoms with Crippen LogP contribution in [0.3, 0.4) is 0 Å². The second-order valence-corrected chi connectivity index (χ2v) is 2.32. The zero-order chi connectivity index (χ0) is 8.97. The van der Waals surface area contributed by atoms with Crippen LogP contribution in [0.15, 0.2) is 11.4 Å². The van der Waals surface area contributed by atoms with E-state index in [-0.39, 0.29) is 6.61 Å². The Hall–Kier alpha value is -1.52. The molecule has 0 saturated carbocycles.